The van der Waals surface area contributed by atoms with Gasteiger partial charge in [0, 0.05) is 10.9 Å². The molecule has 0 N–H and O–H groups in total. The molecule has 15 heavy (non-hydrogen) atoms. The van der Waals surface area contributed by atoms with E-state index in [-0.39, 0.29) is 4.92 Å². The zero-order valence-corrected chi connectivity index (χ0v) is 9.73. The van der Waals surface area contributed by atoms with Crippen LogP contribution in [0, 0.1) is 10.1 Å². The van der Waals surface area contributed by atoms with Gasteiger partial charge in [-0.3, -0.25) is 14.9 Å². The lowest BCUT2D eigenvalue weighted by Gasteiger charge is -2.00. The van der Waals surface area contributed by atoms with Gasteiger partial charge in [-0.1, -0.05) is 35.0 Å². The molecule has 0 aromatic heterocycles. The molecule has 1 saturated heterocycles. The fourth-order valence-corrected chi connectivity index (χ4v) is 1.94. The van der Waals surface area contributed by atoms with Gasteiger partial charge in [0.25, 0.3) is 0 Å². The second-order valence-corrected chi connectivity index (χ2v) is 4.42. The van der Waals surface area contributed by atoms with E-state index in [9.17, 15) is 10.1 Å². The summed E-state index contributed by atoms with van der Waals surface area (Å²) in [7, 11) is 0. The quantitative estimate of drug-likeness (QED) is 0.483. The predicted molar refractivity (Wildman–Crippen MR) is 58.0 cm³/mol. The number of rotatable bonds is 3. The molecule has 1 fully saturated rings. The van der Waals surface area contributed by atoms with Crippen molar-refractivity contribution in [2.75, 3.05) is 0 Å². The van der Waals surface area contributed by atoms with Crippen LogP contribution in [0.4, 0.5) is 0 Å². The molecule has 80 valence electrons. The Morgan fingerprint density at radius 2 is 2.13 bits per heavy atom. The van der Waals surface area contributed by atoms with Gasteiger partial charge in [0.2, 0.25) is 0 Å². The highest BCUT2D eigenvalue weighted by Gasteiger charge is 2.68. The van der Waals surface area contributed by atoms with E-state index in [1.165, 1.54) is 0 Å². The van der Waals surface area contributed by atoms with Crippen molar-refractivity contribution in [2.45, 2.75) is 25.2 Å². The zero-order valence-electron chi connectivity index (χ0n) is 8.14. The molecule has 0 radical (unpaired) electrons. The van der Waals surface area contributed by atoms with Gasteiger partial charge in [0.05, 0.1) is 4.92 Å². The molecule has 1 aliphatic heterocycles. The van der Waals surface area contributed by atoms with E-state index in [2.05, 4.69) is 15.9 Å². The minimum absolute atomic E-state index is 0.334. The van der Waals surface area contributed by atoms with E-state index in [0.717, 1.165) is 10.0 Å². The first kappa shape index (κ1) is 10.6. The van der Waals surface area contributed by atoms with Gasteiger partial charge in [-0.25, -0.2) is 0 Å². The molecule has 2 unspecified atom stereocenters. The summed E-state index contributed by atoms with van der Waals surface area (Å²) in [6, 6.07) is 7.40. The first-order valence-electron chi connectivity index (χ1n) is 4.68. The van der Waals surface area contributed by atoms with E-state index in [0.29, 0.717) is 6.42 Å². The van der Waals surface area contributed by atoms with Crippen molar-refractivity contribution >= 4 is 15.9 Å². The highest BCUT2D eigenvalue weighted by Crippen LogP contribution is 2.52. The van der Waals surface area contributed by atoms with Gasteiger partial charge in [0.15, 0.2) is 6.10 Å². The molecule has 0 spiro atoms. The molecule has 0 aliphatic carbocycles. The fraction of sp³-hybridized carbons (Fsp3) is 0.400. The number of ether oxygens (including phenoxy) is 1. The Kier molecular flexibility index (Phi) is 2.52. The molecular weight excluding hydrogens is 262 g/mol. The van der Waals surface area contributed by atoms with Crippen LogP contribution in [-0.4, -0.2) is 10.6 Å². The summed E-state index contributed by atoms with van der Waals surface area (Å²) in [6.07, 6.45) is -0.00798. The van der Waals surface area contributed by atoms with Crippen molar-refractivity contribution in [1.29, 1.82) is 0 Å². The number of halogens is 1. The number of nitrogens with zero attached hydrogens (tertiary/aromatic N) is 1. The number of benzene rings is 1. The summed E-state index contributed by atoms with van der Waals surface area (Å²) in [5.74, 6) is 0. The Morgan fingerprint density at radius 1 is 1.53 bits per heavy atom. The maximum Gasteiger partial charge on any atom is 0.356 e. The number of nitro groups is 1. The van der Waals surface area contributed by atoms with Crippen LogP contribution < -0.4 is 0 Å². The predicted octanol–water partition coefficient (Wildman–Crippen LogP) is 2.90. The van der Waals surface area contributed by atoms with Crippen LogP contribution in [0.2, 0.25) is 0 Å². The highest BCUT2D eigenvalue weighted by atomic mass is 79.9. The van der Waals surface area contributed by atoms with Crippen LogP contribution in [0.5, 0.6) is 0 Å². The molecule has 4 nitrogen and oxygen atoms in total. The average Bonchev–Trinajstić information content (AvgIpc) is 2.95. The van der Waals surface area contributed by atoms with Gasteiger partial charge < -0.3 is 0 Å². The summed E-state index contributed by atoms with van der Waals surface area (Å²) in [5.41, 5.74) is -0.329. The SMILES string of the molecule is CCC1([N+](=O)[O-])OC1c1ccc(Br)cc1. The van der Waals surface area contributed by atoms with Crippen molar-refractivity contribution in [3.8, 4) is 0 Å². The minimum Gasteiger partial charge on any atom is -0.294 e. The summed E-state index contributed by atoms with van der Waals surface area (Å²) < 4.78 is 6.18. The van der Waals surface area contributed by atoms with Crippen LogP contribution in [-0.2, 0) is 4.74 Å². The van der Waals surface area contributed by atoms with Crippen LogP contribution >= 0.6 is 15.9 Å². The lowest BCUT2D eigenvalue weighted by Crippen LogP contribution is -2.22. The second kappa shape index (κ2) is 3.57. The van der Waals surface area contributed by atoms with Crippen molar-refractivity contribution in [2.24, 2.45) is 0 Å². The molecule has 0 saturated carbocycles. The van der Waals surface area contributed by atoms with Crippen LogP contribution in [0.3, 0.4) is 0 Å². The smallest absolute Gasteiger partial charge is 0.294 e. The first-order valence-corrected chi connectivity index (χ1v) is 5.47. The van der Waals surface area contributed by atoms with Gasteiger partial charge >= 0.3 is 5.72 Å². The third kappa shape index (κ3) is 1.66. The molecule has 1 aromatic rings. The Morgan fingerprint density at radius 3 is 2.53 bits per heavy atom. The Bertz CT molecular complexity index is 392. The highest BCUT2D eigenvalue weighted by molar-refractivity contribution is 9.10. The normalized spacial score (nSPS) is 28.8. The molecule has 5 heteroatoms. The maximum atomic E-state index is 10.8. The van der Waals surface area contributed by atoms with Crippen LogP contribution in [0.25, 0.3) is 0 Å². The Balaban J connectivity index is 2.22. The summed E-state index contributed by atoms with van der Waals surface area (Å²) in [4.78, 5) is 10.5. The van der Waals surface area contributed by atoms with Gasteiger partial charge in [0.1, 0.15) is 0 Å². The summed E-state index contributed by atoms with van der Waals surface area (Å²) in [5, 5.41) is 10.8. The average molecular weight is 272 g/mol. The zero-order chi connectivity index (χ0) is 11.1. The standard InChI is InChI=1S/C10H10BrNO3/c1-2-10(12(13)14)9(15-10)7-3-5-8(11)6-4-7/h3-6,9H,2H2,1H3. The molecule has 2 rings (SSSR count). The van der Waals surface area contributed by atoms with Crippen molar-refractivity contribution in [3.63, 3.8) is 0 Å². The van der Waals surface area contributed by atoms with Crippen molar-refractivity contribution in [1.82, 2.24) is 0 Å². The van der Waals surface area contributed by atoms with Crippen molar-refractivity contribution < 1.29 is 9.66 Å². The van der Waals surface area contributed by atoms with Crippen LogP contribution in [0.1, 0.15) is 25.0 Å². The van der Waals surface area contributed by atoms with Gasteiger partial charge in [-0.2, -0.15) is 0 Å². The third-order valence-electron chi connectivity index (χ3n) is 2.66. The van der Waals surface area contributed by atoms with E-state index in [1.807, 2.05) is 24.3 Å². The van der Waals surface area contributed by atoms with E-state index >= 15 is 0 Å². The fourth-order valence-electron chi connectivity index (χ4n) is 1.67. The lowest BCUT2D eigenvalue weighted by atomic mass is 10.1. The topological polar surface area (TPSA) is 55.7 Å². The molecular formula is C10H10BrNO3. The minimum atomic E-state index is -1.19. The van der Waals surface area contributed by atoms with E-state index < -0.39 is 11.8 Å². The summed E-state index contributed by atoms with van der Waals surface area (Å²) >= 11 is 3.31. The van der Waals surface area contributed by atoms with E-state index in [4.69, 9.17) is 4.74 Å². The van der Waals surface area contributed by atoms with Crippen molar-refractivity contribution in [3.05, 3.63) is 44.4 Å². The molecule has 0 amide bonds. The lowest BCUT2D eigenvalue weighted by molar-refractivity contribution is -0.564. The second-order valence-electron chi connectivity index (χ2n) is 3.50. The largest absolute Gasteiger partial charge is 0.356 e. The van der Waals surface area contributed by atoms with Gasteiger partial charge in [-0.15, -0.1) is 0 Å². The number of hydrogen-bond acceptors (Lipinski definition) is 3. The third-order valence-corrected chi connectivity index (χ3v) is 3.19. The molecule has 1 heterocycles. The molecule has 1 aromatic carbocycles. The maximum absolute atomic E-state index is 10.8. The number of epoxide rings is 1. The molecule has 1 aliphatic rings. The first-order chi connectivity index (χ1) is 7.10. The molecule has 0 bridgehead atoms. The Labute approximate surface area is 95.5 Å². The summed E-state index contributed by atoms with van der Waals surface area (Å²) in [6.45, 7) is 1.77. The molecule has 2 atom stereocenters. The number of hydrogen-bond donors (Lipinski definition) is 0. The van der Waals surface area contributed by atoms with E-state index in [1.54, 1.807) is 6.92 Å². The van der Waals surface area contributed by atoms with Gasteiger partial charge in [-0.05, 0) is 17.7 Å². The monoisotopic (exact) mass is 271 g/mol. The Hall–Kier alpha value is -0.940. The van der Waals surface area contributed by atoms with Crippen LogP contribution in [0.15, 0.2) is 28.7 Å².